The Morgan fingerprint density at radius 3 is 2.61 bits per heavy atom. The van der Waals surface area contributed by atoms with Crippen molar-refractivity contribution in [3.05, 3.63) is 47.9 Å². The lowest BCUT2D eigenvalue weighted by atomic mass is 10.2. The summed E-state index contributed by atoms with van der Waals surface area (Å²) in [7, 11) is -0.967. The number of likely N-dealkylation sites (N-methyl/N-ethyl adjacent to an activating group) is 1. The average Bonchev–Trinajstić information content (AvgIpc) is 3.45. The van der Waals surface area contributed by atoms with E-state index in [2.05, 4.69) is 4.72 Å². The maximum atomic E-state index is 12.8. The molecule has 9 nitrogen and oxygen atoms in total. The molecule has 1 aliphatic rings. The van der Waals surface area contributed by atoms with Gasteiger partial charge in [0, 0.05) is 13.1 Å². The molecule has 1 aliphatic carbocycles. The summed E-state index contributed by atoms with van der Waals surface area (Å²) in [5.41, 5.74) is 0.00841. The van der Waals surface area contributed by atoms with Crippen molar-refractivity contribution >= 4 is 21.9 Å². The summed E-state index contributed by atoms with van der Waals surface area (Å²) in [6, 6.07) is 7.30. The van der Waals surface area contributed by atoms with Crippen LogP contribution in [0.3, 0.4) is 0 Å². The Labute approximate surface area is 181 Å². The van der Waals surface area contributed by atoms with E-state index in [9.17, 15) is 18.0 Å². The van der Waals surface area contributed by atoms with Crippen molar-refractivity contribution in [3.8, 4) is 5.75 Å². The van der Waals surface area contributed by atoms with Crippen LogP contribution in [0.1, 0.15) is 41.8 Å². The summed E-state index contributed by atoms with van der Waals surface area (Å²) in [5.74, 6) is -0.507. The van der Waals surface area contributed by atoms with Crippen molar-refractivity contribution in [2.75, 3.05) is 20.8 Å². The number of furan rings is 1. The number of rotatable bonds is 9. The molecule has 0 spiro atoms. The van der Waals surface area contributed by atoms with E-state index in [1.165, 1.54) is 36.5 Å². The minimum atomic E-state index is -3.88. The molecule has 0 unspecified atom stereocenters. The van der Waals surface area contributed by atoms with Crippen LogP contribution in [0.4, 0.5) is 0 Å². The van der Waals surface area contributed by atoms with Crippen LogP contribution in [0.15, 0.2) is 45.9 Å². The number of carbonyl (C=O) groups is 2. The van der Waals surface area contributed by atoms with Gasteiger partial charge < -0.3 is 18.8 Å². The van der Waals surface area contributed by atoms with Crippen LogP contribution < -0.4 is 9.46 Å². The summed E-state index contributed by atoms with van der Waals surface area (Å²) in [5, 5.41) is 0. The lowest BCUT2D eigenvalue weighted by molar-refractivity contribution is -0.133. The number of hydrogen-bond donors (Lipinski definition) is 1. The van der Waals surface area contributed by atoms with Crippen LogP contribution >= 0.6 is 0 Å². The zero-order chi connectivity index (χ0) is 22.4. The number of ether oxygens (including phenoxy) is 2. The third-order valence-electron chi connectivity index (χ3n) is 5.09. The summed E-state index contributed by atoms with van der Waals surface area (Å²) >= 11 is 0. The number of methoxy groups -OCH3 is 1. The third-order valence-corrected chi connectivity index (χ3v) is 6.63. The van der Waals surface area contributed by atoms with E-state index in [1.54, 1.807) is 19.2 Å². The molecule has 2 aromatic rings. The highest BCUT2D eigenvalue weighted by Crippen LogP contribution is 2.27. The third kappa shape index (κ3) is 5.86. The highest BCUT2D eigenvalue weighted by molar-refractivity contribution is 7.89. The molecular weight excluding hydrogens is 424 g/mol. The van der Waals surface area contributed by atoms with Crippen LogP contribution in [0, 0.1) is 0 Å². The highest BCUT2D eigenvalue weighted by atomic mass is 32.2. The minimum Gasteiger partial charge on any atom is -0.495 e. The molecule has 31 heavy (non-hydrogen) atoms. The first-order chi connectivity index (χ1) is 14.8. The van der Waals surface area contributed by atoms with Gasteiger partial charge in [-0.3, -0.25) is 4.79 Å². The molecule has 0 saturated heterocycles. The van der Waals surface area contributed by atoms with E-state index in [1.807, 2.05) is 0 Å². The Balaban J connectivity index is 1.66. The Morgan fingerprint density at radius 2 is 1.97 bits per heavy atom. The van der Waals surface area contributed by atoms with Crippen molar-refractivity contribution in [1.29, 1.82) is 0 Å². The number of hydrogen-bond acceptors (Lipinski definition) is 7. The van der Waals surface area contributed by atoms with Crippen molar-refractivity contribution < 1.29 is 31.9 Å². The minimum absolute atomic E-state index is 0.00841. The fourth-order valence-corrected chi connectivity index (χ4v) is 4.89. The molecule has 10 heteroatoms. The molecule has 1 aromatic carbocycles. The largest absolute Gasteiger partial charge is 0.495 e. The summed E-state index contributed by atoms with van der Waals surface area (Å²) in [6.07, 6.45) is 5.00. The van der Waals surface area contributed by atoms with Crippen molar-refractivity contribution in [2.24, 2.45) is 0 Å². The van der Waals surface area contributed by atoms with Crippen LogP contribution in [0.5, 0.6) is 5.75 Å². The van der Waals surface area contributed by atoms with Crippen molar-refractivity contribution in [1.82, 2.24) is 9.62 Å². The van der Waals surface area contributed by atoms with E-state index in [4.69, 9.17) is 13.9 Å². The average molecular weight is 451 g/mol. The van der Waals surface area contributed by atoms with Gasteiger partial charge in [-0.15, -0.1) is 0 Å². The van der Waals surface area contributed by atoms with E-state index >= 15 is 0 Å². The highest BCUT2D eigenvalue weighted by Gasteiger charge is 2.27. The molecule has 0 aliphatic heterocycles. The molecular formula is C21H26N2O7S. The number of carbonyl (C=O) groups excluding carboxylic acids is 2. The molecule has 168 valence electrons. The number of esters is 1. The van der Waals surface area contributed by atoms with Gasteiger partial charge in [0.05, 0.1) is 25.5 Å². The number of amides is 1. The van der Waals surface area contributed by atoms with Gasteiger partial charge >= 0.3 is 5.97 Å². The normalized spacial score (nSPS) is 14.4. The predicted octanol–water partition coefficient (Wildman–Crippen LogP) is 2.32. The summed E-state index contributed by atoms with van der Waals surface area (Å²) < 4.78 is 43.8. The fraction of sp³-hybridized carbons (Fsp3) is 0.429. The molecule has 1 saturated carbocycles. The smallest absolute Gasteiger partial charge is 0.338 e. The van der Waals surface area contributed by atoms with Gasteiger partial charge in [0.2, 0.25) is 10.0 Å². The molecule has 0 atom stereocenters. The van der Waals surface area contributed by atoms with E-state index in [-0.39, 0.29) is 28.8 Å². The second-order valence-corrected chi connectivity index (χ2v) is 9.06. The second-order valence-electron chi connectivity index (χ2n) is 7.37. The Hall–Kier alpha value is -2.85. The maximum absolute atomic E-state index is 12.8. The molecule has 1 N–H and O–H groups in total. The standard InChI is InChI=1S/C21H26N2O7S/c1-23(13-17-8-5-11-29-17)20(24)14-30-21(25)15-9-10-18(28-2)19(12-15)31(26,27)22-16-6-3-4-7-16/h5,8-12,16,22H,3-4,6-7,13-14H2,1-2H3. The molecule has 1 amide bonds. The molecule has 0 bridgehead atoms. The second kappa shape index (κ2) is 9.97. The zero-order valence-corrected chi connectivity index (χ0v) is 18.3. The first kappa shape index (κ1) is 22.8. The molecule has 1 fully saturated rings. The topological polar surface area (TPSA) is 115 Å². The summed E-state index contributed by atoms with van der Waals surface area (Å²) in [4.78, 5) is 25.9. The van der Waals surface area contributed by atoms with Gasteiger partial charge in [-0.1, -0.05) is 12.8 Å². The molecule has 0 radical (unpaired) electrons. The van der Waals surface area contributed by atoms with Gasteiger partial charge in [-0.2, -0.15) is 0 Å². The SMILES string of the molecule is COc1ccc(C(=O)OCC(=O)N(C)Cc2ccco2)cc1S(=O)(=O)NC1CCCC1. The first-order valence-corrected chi connectivity index (χ1v) is 11.4. The predicted molar refractivity (Wildman–Crippen MR) is 111 cm³/mol. The lowest BCUT2D eigenvalue weighted by Crippen LogP contribution is -2.33. The van der Waals surface area contributed by atoms with E-state index < -0.39 is 28.5 Å². The maximum Gasteiger partial charge on any atom is 0.338 e. The fourth-order valence-electron chi connectivity index (χ4n) is 3.39. The number of sulfonamides is 1. The number of benzene rings is 1. The van der Waals surface area contributed by atoms with Crippen LogP contribution in [0.25, 0.3) is 0 Å². The van der Waals surface area contributed by atoms with E-state index in [0.717, 1.165) is 25.7 Å². The van der Waals surface area contributed by atoms with Crippen LogP contribution in [0.2, 0.25) is 0 Å². The lowest BCUT2D eigenvalue weighted by Gasteiger charge is -2.17. The molecule has 1 aromatic heterocycles. The summed E-state index contributed by atoms with van der Waals surface area (Å²) in [6.45, 7) is -0.244. The Morgan fingerprint density at radius 1 is 1.23 bits per heavy atom. The van der Waals surface area contributed by atoms with Gasteiger partial charge in [0.1, 0.15) is 16.4 Å². The van der Waals surface area contributed by atoms with Crippen molar-refractivity contribution in [3.63, 3.8) is 0 Å². The van der Waals surface area contributed by atoms with Crippen molar-refractivity contribution in [2.45, 2.75) is 43.2 Å². The quantitative estimate of drug-likeness (QED) is 0.583. The number of nitrogens with one attached hydrogen (secondary N) is 1. The monoisotopic (exact) mass is 450 g/mol. The van der Waals surface area contributed by atoms with Crippen LogP contribution in [-0.2, 0) is 26.1 Å². The molecule has 3 rings (SSSR count). The van der Waals surface area contributed by atoms with Gasteiger partial charge in [0.15, 0.2) is 6.61 Å². The number of nitrogens with zero attached hydrogens (tertiary/aromatic N) is 1. The molecule has 1 heterocycles. The van der Waals surface area contributed by atoms with Gasteiger partial charge in [0.25, 0.3) is 5.91 Å². The van der Waals surface area contributed by atoms with E-state index in [0.29, 0.717) is 5.76 Å². The first-order valence-electron chi connectivity index (χ1n) is 9.94. The zero-order valence-electron chi connectivity index (χ0n) is 17.5. The van der Waals surface area contributed by atoms with Crippen LogP contribution in [-0.4, -0.2) is 52.0 Å². The Kier molecular flexibility index (Phi) is 7.34. The van der Waals surface area contributed by atoms with Gasteiger partial charge in [-0.05, 0) is 43.2 Å². The van der Waals surface area contributed by atoms with Gasteiger partial charge in [-0.25, -0.2) is 17.9 Å². The Bertz CT molecular complexity index is 1010.